The van der Waals surface area contributed by atoms with E-state index in [2.05, 4.69) is 16.0 Å². The van der Waals surface area contributed by atoms with E-state index >= 15 is 0 Å². The Balaban J connectivity index is 1.46. The van der Waals surface area contributed by atoms with E-state index in [4.69, 9.17) is 11.6 Å². The number of hydrogen-bond acceptors (Lipinski definition) is 4. The van der Waals surface area contributed by atoms with Crippen molar-refractivity contribution in [2.24, 2.45) is 0 Å². The molecule has 1 aliphatic carbocycles. The van der Waals surface area contributed by atoms with Crippen molar-refractivity contribution in [2.45, 2.75) is 32.1 Å². The largest absolute Gasteiger partial charge is 0.506 e. The number of halogens is 1. The number of fused-ring (bicyclic) bond motifs is 2. The predicted octanol–water partition coefficient (Wildman–Crippen LogP) is 4.60. The van der Waals surface area contributed by atoms with E-state index < -0.39 is 0 Å². The van der Waals surface area contributed by atoms with Crippen LogP contribution >= 0.6 is 11.6 Å². The highest BCUT2D eigenvalue weighted by Crippen LogP contribution is 2.39. The van der Waals surface area contributed by atoms with Crippen molar-refractivity contribution in [1.29, 1.82) is 0 Å². The average Bonchev–Trinajstić information content (AvgIpc) is 2.96. The van der Waals surface area contributed by atoms with Crippen LogP contribution in [0.4, 0.5) is 0 Å². The van der Waals surface area contributed by atoms with Crippen LogP contribution in [-0.2, 0) is 24.1 Å². The molecule has 1 saturated heterocycles. The molecule has 5 nitrogen and oxygen atoms in total. The molecule has 162 valence electrons. The minimum Gasteiger partial charge on any atom is -0.506 e. The molecule has 0 bridgehead atoms. The van der Waals surface area contributed by atoms with Crippen LogP contribution in [0.15, 0.2) is 60.6 Å². The van der Waals surface area contributed by atoms with Gasteiger partial charge in [0.2, 0.25) is 5.91 Å². The number of hydrogen-bond donors (Lipinski definition) is 1. The van der Waals surface area contributed by atoms with Gasteiger partial charge in [0.1, 0.15) is 5.75 Å². The number of amides is 1. The van der Waals surface area contributed by atoms with Gasteiger partial charge in [-0.3, -0.25) is 14.8 Å². The van der Waals surface area contributed by atoms with Gasteiger partial charge in [0, 0.05) is 36.1 Å². The first-order chi connectivity index (χ1) is 15.6. The number of pyridine rings is 2. The van der Waals surface area contributed by atoms with Crippen molar-refractivity contribution >= 4 is 23.1 Å². The van der Waals surface area contributed by atoms with Gasteiger partial charge < -0.3 is 10.0 Å². The summed E-state index contributed by atoms with van der Waals surface area (Å²) in [5.74, 6) is 0.325. The van der Waals surface area contributed by atoms with Gasteiger partial charge >= 0.3 is 0 Å². The Morgan fingerprint density at radius 3 is 2.62 bits per heavy atom. The highest BCUT2D eigenvalue weighted by Gasteiger charge is 2.27. The minimum atomic E-state index is 0.138. The number of piperidine rings is 1. The molecule has 0 atom stereocenters. The number of aryl methyl sites for hydroxylation is 2. The molecule has 1 amide bonds. The van der Waals surface area contributed by atoms with Crippen LogP contribution in [0.5, 0.6) is 5.75 Å². The number of aromatic nitrogens is 2. The third-order valence-corrected chi connectivity index (χ3v) is 6.58. The van der Waals surface area contributed by atoms with Gasteiger partial charge in [0.15, 0.2) is 0 Å². The van der Waals surface area contributed by atoms with Crippen molar-refractivity contribution in [3.8, 4) is 5.75 Å². The maximum Gasteiger partial charge on any atom is 0.227 e. The molecular formula is C26H24ClN3O2. The van der Waals surface area contributed by atoms with Crippen LogP contribution < -0.4 is 0 Å². The fourth-order valence-electron chi connectivity index (χ4n) is 4.75. The molecule has 0 radical (unpaired) electrons. The topological polar surface area (TPSA) is 66.3 Å². The van der Waals surface area contributed by atoms with Gasteiger partial charge in [-0.15, -0.1) is 0 Å². The molecule has 0 unspecified atom stereocenters. The van der Waals surface area contributed by atoms with Crippen LogP contribution in [0.3, 0.4) is 0 Å². The second-order valence-corrected chi connectivity index (χ2v) is 8.84. The number of aromatic hydroxyl groups is 1. The lowest BCUT2D eigenvalue weighted by Crippen LogP contribution is -2.37. The minimum absolute atomic E-state index is 0.138. The van der Waals surface area contributed by atoms with Gasteiger partial charge in [0.25, 0.3) is 0 Å². The average molecular weight is 446 g/mol. The number of nitrogens with zero attached hydrogens (tertiary/aromatic N) is 3. The summed E-state index contributed by atoms with van der Waals surface area (Å²) in [6, 6.07) is 11.7. The molecule has 32 heavy (non-hydrogen) atoms. The van der Waals surface area contributed by atoms with Crippen LogP contribution in [0.25, 0.3) is 5.57 Å². The Kier molecular flexibility index (Phi) is 5.66. The first kappa shape index (κ1) is 20.7. The number of likely N-dealkylation sites (tertiary alicyclic amines) is 1. The predicted molar refractivity (Wildman–Crippen MR) is 125 cm³/mol. The van der Waals surface area contributed by atoms with Crippen molar-refractivity contribution in [3.05, 3.63) is 93.5 Å². The Labute approximate surface area is 192 Å². The fraction of sp³-hybridized carbons (Fsp3) is 0.269. The lowest BCUT2D eigenvalue weighted by Gasteiger charge is -2.30. The number of carbonyl (C=O) groups excluding carboxylic acids is 1. The van der Waals surface area contributed by atoms with Crippen LogP contribution in [0.2, 0.25) is 5.02 Å². The molecule has 1 aliphatic heterocycles. The van der Waals surface area contributed by atoms with Gasteiger partial charge in [-0.1, -0.05) is 29.3 Å². The quantitative estimate of drug-likeness (QED) is 0.626. The third kappa shape index (κ3) is 4.13. The Morgan fingerprint density at radius 1 is 1.03 bits per heavy atom. The molecule has 2 aliphatic rings. The zero-order valence-electron chi connectivity index (χ0n) is 17.7. The lowest BCUT2D eigenvalue weighted by atomic mass is 9.88. The first-order valence-corrected chi connectivity index (χ1v) is 11.3. The standard InChI is InChI=1S/C26H24ClN3O2/c27-21-5-6-23-19(13-21)3-4-20-14-22(31)16-29-26(20)25(23)18-7-10-30(11-8-18)24(32)12-17-2-1-9-28-15-17/h1-2,5-6,9,13-16,31H,3-4,7-8,10-12H2. The van der Waals surface area contributed by atoms with Crippen LogP contribution in [0.1, 0.15) is 40.8 Å². The number of benzene rings is 1. The Hall–Kier alpha value is -3.18. The molecular weight excluding hydrogens is 422 g/mol. The molecule has 3 aromatic rings. The van der Waals surface area contributed by atoms with Gasteiger partial charge in [-0.2, -0.15) is 0 Å². The zero-order chi connectivity index (χ0) is 22.1. The summed E-state index contributed by atoms with van der Waals surface area (Å²) in [5, 5.41) is 10.7. The van der Waals surface area contributed by atoms with Gasteiger partial charge in [-0.05, 0) is 72.2 Å². The summed E-state index contributed by atoms with van der Waals surface area (Å²) >= 11 is 6.30. The molecule has 2 aromatic heterocycles. The molecule has 1 fully saturated rings. The summed E-state index contributed by atoms with van der Waals surface area (Å²) in [4.78, 5) is 23.5. The van der Waals surface area contributed by atoms with E-state index in [0.29, 0.717) is 19.5 Å². The molecule has 6 heteroatoms. The second-order valence-electron chi connectivity index (χ2n) is 8.40. The summed E-state index contributed by atoms with van der Waals surface area (Å²) in [6.07, 6.45) is 8.63. The van der Waals surface area contributed by atoms with Crippen LogP contribution in [-0.4, -0.2) is 39.0 Å². The first-order valence-electron chi connectivity index (χ1n) is 10.9. The normalized spacial score (nSPS) is 15.7. The van der Waals surface area contributed by atoms with E-state index in [-0.39, 0.29) is 11.7 Å². The summed E-state index contributed by atoms with van der Waals surface area (Å²) in [7, 11) is 0. The summed E-state index contributed by atoms with van der Waals surface area (Å²) in [6.45, 7) is 1.38. The monoisotopic (exact) mass is 445 g/mol. The third-order valence-electron chi connectivity index (χ3n) is 6.34. The summed E-state index contributed by atoms with van der Waals surface area (Å²) in [5.41, 5.74) is 7.74. The molecule has 1 N–H and O–H groups in total. The SMILES string of the molecule is O=C(Cc1cccnc1)N1CCC(=C2c3ccc(Cl)cc3CCc3cc(O)cnc32)CC1. The van der Waals surface area contributed by atoms with Crippen molar-refractivity contribution in [2.75, 3.05) is 13.1 Å². The van der Waals surface area contributed by atoms with E-state index in [1.165, 1.54) is 17.3 Å². The molecule has 3 heterocycles. The highest BCUT2D eigenvalue weighted by atomic mass is 35.5. The molecule has 0 saturated carbocycles. The van der Waals surface area contributed by atoms with Crippen LogP contribution in [0, 0.1) is 0 Å². The molecule has 1 aromatic carbocycles. The maximum atomic E-state index is 12.8. The van der Waals surface area contributed by atoms with E-state index in [1.807, 2.05) is 35.2 Å². The lowest BCUT2D eigenvalue weighted by molar-refractivity contribution is -0.130. The van der Waals surface area contributed by atoms with E-state index in [1.54, 1.807) is 12.4 Å². The molecule has 5 rings (SSSR count). The van der Waals surface area contributed by atoms with Gasteiger partial charge in [-0.25, -0.2) is 0 Å². The molecule has 0 spiro atoms. The van der Waals surface area contributed by atoms with Crippen molar-refractivity contribution in [1.82, 2.24) is 14.9 Å². The zero-order valence-corrected chi connectivity index (χ0v) is 18.5. The van der Waals surface area contributed by atoms with Gasteiger partial charge in [0.05, 0.1) is 18.3 Å². The Morgan fingerprint density at radius 2 is 1.84 bits per heavy atom. The van der Waals surface area contributed by atoms with E-state index in [0.717, 1.165) is 58.7 Å². The smallest absolute Gasteiger partial charge is 0.227 e. The second kappa shape index (κ2) is 8.75. The summed E-state index contributed by atoms with van der Waals surface area (Å²) < 4.78 is 0. The van der Waals surface area contributed by atoms with Crippen molar-refractivity contribution < 1.29 is 9.90 Å². The number of carbonyl (C=O) groups is 1. The Bertz CT molecular complexity index is 1140. The fourth-order valence-corrected chi connectivity index (χ4v) is 4.94. The van der Waals surface area contributed by atoms with Crippen molar-refractivity contribution in [3.63, 3.8) is 0 Å². The highest BCUT2D eigenvalue weighted by molar-refractivity contribution is 6.30. The number of rotatable bonds is 2. The maximum absolute atomic E-state index is 12.8. The van der Waals surface area contributed by atoms with E-state index in [9.17, 15) is 9.90 Å².